The van der Waals surface area contributed by atoms with Gasteiger partial charge in [0.1, 0.15) is 0 Å². The third-order valence-electron chi connectivity index (χ3n) is 3.00. The van der Waals surface area contributed by atoms with E-state index < -0.39 is 0 Å². The number of hydrazine groups is 1. The quantitative estimate of drug-likeness (QED) is 0.657. The molecule has 0 amide bonds. The molecule has 0 saturated heterocycles. The summed E-state index contributed by atoms with van der Waals surface area (Å²) in [6.45, 7) is 6.23. The number of aromatic nitrogens is 1. The normalized spacial score (nSPS) is 11.8. The molecular formula is C14H19N3S. The monoisotopic (exact) mass is 261 g/mol. The van der Waals surface area contributed by atoms with Crippen molar-refractivity contribution in [3.8, 4) is 10.4 Å². The second kappa shape index (κ2) is 5.18. The summed E-state index contributed by atoms with van der Waals surface area (Å²) in [5.41, 5.74) is 8.25. The van der Waals surface area contributed by atoms with E-state index in [0.29, 0.717) is 0 Å². The summed E-state index contributed by atoms with van der Waals surface area (Å²) in [5.74, 6) is 5.52. The van der Waals surface area contributed by atoms with E-state index in [9.17, 15) is 0 Å². The minimum Gasteiger partial charge on any atom is -0.271 e. The molecule has 96 valence electrons. The van der Waals surface area contributed by atoms with E-state index in [2.05, 4.69) is 48.5 Å². The van der Waals surface area contributed by atoms with E-state index in [4.69, 9.17) is 5.84 Å². The summed E-state index contributed by atoms with van der Waals surface area (Å²) < 4.78 is 0. The first kappa shape index (κ1) is 13.2. The topological polar surface area (TPSA) is 50.9 Å². The van der Waals surface area contributed by atoms with Crippen molar-refractivity contribution in [3.63, 3.8) is 0 Å². The molecule has 0 aliphatic carbocycles. The maximum absolute atomic E-state index is 5.52. The Morgan fingerprint density at radius 1 is 1.28 bits per heavy atom. The van der Waals surface area contributed by atoms with E-state index in [1.807, 2.05) is 12.4 Å². The maximum Gasteiger partial charge on any atom is 0.0801 e. The van der Waals surface area contributed by atoms with Crippen LogP contribution < -0.4 is 11.3 Å². The number of benzene rings is 1. The van der Waals surface area contributed by atoms with Crippen molar-refractivity contribution in [2.24, 2.45) is 5.84 Å². The minimum absolute atomic E-state index is 0.0814. The molecule has 0 fully saturated rings. The molecule has 4 heteroatoms. The number of hydrogen-bond donors (Lipinski definition) is 2. The molecule has 2 aromatic rings. The van der Waals surface area contributed by atoms with Gasteiger partial charge in [-0.3, -0.25) is 11.3 Å². The molecule has 0 spiro atoms. The first-order valence-corrected chi connectivity index (χ1v) is 6.87. The Morgan fingerprint density at radius 2 is 1.94 bits per heavy atom. The van der Waals surface area contributed by atoms with Crippen molar-refractivity contribution in [2.75, 3.05) is 0 Å². The Bertz CT molecular complexity index is 514. The lowest BCUT2D eigenvalue weighted by Crippen LogP contribution is -2.45. The fraction of sp³-hybridized carbons (Fsp3) is 0.357. The Morgan fingerprint density at radius 3 is 2.44 bits per heavy atom. The summed E-state index contributed by atoms with van der Waals surface area (Å²) in [6, 6.07) is 8.63. The largest absolute Gasteiger partial charge is 0.271 e. The lowest BCUT2D eigenvalue weighted by molar-refractivity contribution is 0.396. The summed E-state index contributed by atoms with van der Waals surface area (Å²) in [7, 11) is 0. The van der Waals surface area contributed by atoms with Crippen LogP contribution in [0.15, 0.2) is 29.8 Å². The van der Waals surface area contributed by atoms with Crippen molar-refractivity contribution in [1.82, 2.24) is 10.4 Å². The zero-order valence-electron chi connectivity index (χ0n) is 11.0. The highest BCUT2D eigenvalue weighted by atomic mass is 32.1. The Hall–Kier alpha value is -1.23. The number of nitrogens with one attached hydrogen (secondary N) is 1. The van der Waals surface area contributed by atoms with Gasteiger partial charge in [-0.2, -0.15) is 0 Å². The van der Waals surface area contributed by atoms with Crippen LogP contribution in [0.5, 0.6) is 0 Å². The van der Waals surface area contributed by atoms with Gasteiger partial charge in [0.25, 0.3) is 0 Å². The van der Waals surface area contributed by atoms with Crippen molar-refractivity contribution in [3.05, 3.63) is 41.0 Å². The van der Waals surface area contributed by atoms with E-state index >= 15 is 0 Å². The maximum atomic E-state index is 5.52. The first-order valence-electron chi connectivity index (χ1n) is 5.99. The van der Waals surface area contributed by atoms with Gasteiger partial charge in [-0.1, -0.05) is 24.3 Å². The molecule has 1 aromatic carbocycles. The zero-order chi connectivity index (χ0) is 13.2. The van der Waals surface area contributed by atoms with Crippen LogP contribution in [0.4, 0.5) is 0 Å². The van der Waals surface area contributed by atoms with Gasteiger partial charge in [0.2, 0.25) is 0 Å². The third-order valence-corrected chi connectivity index (χ3v) is 3.98. The summed E-state index contributed by atoms with van der Waals surface area (Å²) in [4.78, 5) is 5.53. The van der Waals surface area contributed by atoms with Crippen molar-refractivity contribution in [2.45, 2.75) is 32.7 Å². The molecule has 18 heavy (non-hydrogen) atoms. The summed E-state index contributed by atoms with van der Waals surface area (Å²) in [5, 5.41) is 0. The molecule has 3 N–H and O–H groups in total. The van der Waals surface area contributed by atoms with Crippen molar-refractivity contribution >= 4 is 11.3 Å². The number of rotatable bonds is 4. The number of nitrogens with zero attached hydrogens (tertiary/aromatic N) is 1. The molecule has 3 nitrogen and oxygen atoms in total. The van der Waals surface area contributed by atoms with Gasteiger partial charge in [0, 0.05) is 5.54 Å². The molecular weight excluding hydrogens is 242 g/mol. The van der Waals surface area contributed by atoms with Crippen LogP contribution in [0.2, 0.25) is 0 Å². The number of hydrogen-bond acceptors (Lipinski definition) is 4. The Balaban J connectivity index is 2.18. The summed E-state index contributed by atoms with van der Waals surface area (Å²) in [6.07, 6.45) is 0.908. The third kappa shape index (κ3) is 2.96. The molecule has 0 radical (unpaired) electrons. The van der Waals surface area contributed by atoms with E-state index in [1.165, 1.54) is 16.0 Å². The lowest BCUT2D eigenvalue weighted by atomic mass is 9.95. The molecule has 1 aromatic heterocycles. The molecule has 0 aliphatic rings. The molecule has 0 bridgehead atoms. The Labute approximate surface area is 112 Å². The van der Waals surface area contributed by atoms with Crippen molar-refractivity contribution < 1.29 is 0 Å². The molecule has 0 saturated carbocycles. The average molecular weight is 261 g/mol. The van der Waals surface area contributed by atoms with Crippen LogP contribution in [-0.4, -0.2) is 10.5 Å². The zero-order valence-corrected chi connectivity index (χ0v) is 11.8. The SMILES string of the molecule is Cc1ncsc1-c1ccc(CC(C)(C)NN)cc1. The van der Waals surface area contributed by atoms with Crippen LogP contribution >= 0.6 is 11.3 Å². The van der Waals surface area contributed by atoms with E-state index in [-0.39, 0.29) is 5.54 Å². The van der Waals surface area contributed by atoms with Crippen LogP contribution in [0.25, 0.3) is 10.4 Å². The second-order valence-corrected chi connectivity index (χ2v) is 6.02. The molecule has 0 unspecified atom stereocenters. The van der Waals surface area contributed by atoms with Gasteiger partial charge in [0.15, 0.2) is 0 Å². The van der Waals surface area contributed by atoms with Crippen LogP contribution in [-0.2, 0) is 6.42 Å². The molecule has 0 atom stereocenters. The van der Waals surface area contributed by atoms with Crippen molar-refractivity contribution in [1.29, 1.82) is 0 Å². The van der Waals surface area contributed by atoms with Gasteiger partial charge in [-0.05, 0) is 38.3 Å². The van der Waals surface area contributed by atoms with Gasteiger partial charge in [-0.15, -0.1) is 11.3 Å². The van der Waals surface area contributed by atoms with E-state index in [0.717, 1.165) is 12.1 Å². The van der Waals surface area contributed by atoms with Gasteiger partial charge in [0.05, 0.1) is 16.1 Å². The van der Waals surface area contributed by atoms with Crippen LogP contribution in [0.3, 0.4) is 0 Å². The average Bonchev–Trinajstić information content (AvgIpc) is 2.76. The van der Waals surface area contributed by atoms with Gasteiger partial charge in [-0.25, -0.2) is 4.98 Å². The van der Waals surface area contributed by atoms with E-state index in [1.54, 1.807) is 11.3 Å². The first-order chi connectivity index (χ1) is 8.52. The van der Waals surface area contributed by atoms with Gasteiger partial charge < -0.3 is 0 Å². The molecule has 1 heterocycles. The standard InChI is InChI=1S/C14H19N3S/c1-10-13(18-9-16-10)12-6-4-11(5-7-12)8-14(2,3)17-15/h4-7,9,17H,8,15H2,1-3H3. The summed E-state index contributed by atoms with van der Waals surface area (Å²) >= 11 is 1.68. The second-order valence-electron chi connectivity index (χ2n) is 5.17. The highest BCUT2D eigenvalue weighted by Crippen LogP contribution is 2.27. The van der Waals surface area contributed by atoms with Crippen LogP contribution in [0.1, 0.15) is 25.1 Å². The number of nitrogens with two attached hydrogens (primary N) is 1. The number of thiazole rings is 1. The van der Waals surface area contributed by atoms with Crippen LogP contribution in [0, 0.1) is 6.92 Å². The highest BCUT2D eigenvalue weighted by Gasteiger charge is 2.15. The minimum atomic E-state index is -0.0814. The Kier molecular flexibility index (Phi) is 3.80. The molecule has 0 aliphatic heterocycles. The fourth-order valence-electron chi connectivity index (χ4n) is 1.91. The predicted octanol–water partition coefficient (Wildman–Crippen LogP) is 2.90. The predicted molar refractivity (Wildman–Crippen MR) is 77.4 cm³/mol. The number of aryl methyl sites for hydroxylation is 1. The lowest BCUT2D eigenvalue weighted by Gasteiger charge is -2.23. The molecule has 2 rings (SSSR count). The smallest absolute Gasteiger partial charge is 0.0801 e. The van der Waals surface area contributed by atoms with Gasteiger partial charge >= 0.3 is 0 Å². The fourth-order valence-corrected chi connectivity index (χ4v) is 2.73. The highest BCUT2D eigenvalue weighted by molar-refractivity contribution is 7.13.